The summed E-state index contributed by atoms with van der Waals surface area (Å²) in [4.78, 5) is 0. The summed E-state index contributed by atoms with van der Waals surface area (Å²) in [5.74, 6) is 1.75. The Morgan fingerprint density at radius 3 is 1.96 bits per heavy atom. The van der Waals surface area contributed by atoms with Gasteiger partial charge in [0.05, 0.1) is 0 Å². The monoisotopic (exact) mass is 354 g/mol. The summed E-state index contributed by atoms with van der Waals surface area (Å²) in [5, 5.41) is 0. The smallest absolute Gasteiger partial charge is 0.0139 e. The van der Waals surface area contributed by atoms with Crippen molar-refractivity contribution in [2.45, 2.75) is 47.0 Å². The molecule has 5 rings (SSSR count). The first kappa shape index (κ1) is 17.0. The number of allylic oxidation sites excluding steroid dienone is 4. The van der Waals surface area contributed by atoms with Gasteiger partial charge in [-0.3, -0.25) is 0 Å². The van der Waals surface area contributed by atoms with Gasteiger partial charge in [-0.25, -0.2) is 0 Å². The molecule has 3 aliphatic rings. The zero-order valence-corrected chi connectivity index (χ0v) is 17.2. The lowest BCUT2D eigenvalue weighted by molar-refractivity contribution is 0.364. The summed E-state index contributed by atoms with van der Waals surface area (Å²) >= 11 is 0. The van der Waals surface area contributed by atoms with Gasteiger partial charge in [-0.15, -0.1) is 0 Å². The minimum Gasteiger partial charge on any atom is -0.0733 e. The van der Waals surface area contributed by atoms with Crippen LogP contribution in [0, 0.1) is 22.7 Å². The van der Waals surface area contributed by atoms with Crippen LogP contribution in [0.3, 0.4) is 0 Å². The van der Waals surface area contributed by atoms with Gasteiger partial charge >= 0.3 is 0 Å². The molecule has 0 amide bonds. The molecular formula is C27H30. The molecule has 3 aliphatic carbocycles. The van der Waals surface area contributed by atoms with Crippen LogP contribution < -0.4 is 0 Å². The lowest BCUT2D eigenvalue weighted by Crippen LogP contribution is -2.17. The predicted octanol–water partition coefficient (Wildman–Crippen LogP) is 7.37. The number of hydrogen-bond acceptors (Lipinski definition) is 0. The Kier molecular flexibility index (Phi) is 3.46. The highest BCUT2D eigenvalue weighted by molar-refractivity contribution is 5.79. The van der Waals surface area contributed by atoms with Gasteiger partial charge in [-0.05, 0) is 51.0 Å². The van der Waals surface area contributed by atoms with E-state index in [0.29, 0.717) is 17.8 Å². The third-order valence-electron chi connectivity index (χ3n) is 7.19. The average Bonchev–Trinajstić information content (AvgIpc) is 3.26. The molecule has 0 bridgehead atoms. The van der Waals surface area contributed by atoms with E-state index in [4.69, 9.17) is 0 Å². The van der Waals surface area contributed by atoms with E-state index < -0.39 is 0 Å². The van der Waals surface area contributed by atoms with E-state index in [1.807, 2.05) is 0 Å². The molecule has 2 atom stereocenters. The fourth-order valence-electron chi connectivity index (χ4n) is 5.88. The van der Waals surface area contributed by atoms with Gasteiger partial charge in [-0.2, -0.15) is 0 Å². The van der Waals surface area contributed by atoms with Gasteiger partial charge < -0.3 is 0 Å². The van der Waals surface area contributed by atoms with Crippen molar-refractivity contribution < 1.29 is 0 Å². The fraction of sp³-hybridized carbons (Fsp3) is 0.407. The first-order chi connectivity index (χ1) is 12.8. The van der Waals surface area contributed by atoms with E-state index in [2.05, 4.69) is 95.3 Å². The first-order valence-electron chi connectivity index (χ1n) is 10.4. The number of hydrogen-bond donors (Lipinski definition) is 0. The van der Waals surface area contributed by atoms with E-state index >= 15 is 0 Å². The maximum Gasteiger partial charge on any atom is 0.0139 e. The molecular weight excluding hydrogens is 324 g/mol. The molecule has 2 aromatic rings. The van der Waals surface area contributed by atoms with E-state index in [1.54, 1.807) is 16.7 Å². The number of rotatable bonds is 1. The van der Waals surface area contributed by atoms with Crippen LogP contribution in [0.1, 0.15) is 58.1 Å². The Labute approximate surface area is 164 Å². The fourth-order valence-corrected chi connectivity index (χ4v) is 5.88. The van der Waals surface area contributed by atoms with Crippen LogP contribution in [0.2, 0.25) is 0 Å². The molecule has 27 heavy (non-hydrogen) atoms. The minimum absolute atomic E-state index is 0.226. The summed E-state index contributed by atoms with van der Waals surface area (Å²) in [5.41, 5.74) is 9.68. The second-order valence-corrected chi connectivity index (χ2v) is 10.4. The summed E-state index contributed by atoms with van der Waals surface area (Å²) in [6, 6.07) is 18.2. The zero-order chi connectivity index (χ0) is 19.0. The molecule has 1 fully saturated rings. The number of fused-ring (bicyclic) bond motifs is 4. The topological polar surface area (TPSA) is 0 Å². The van der Waals surface area contributed by atoms with Crippen molar-refractivity contribution in [3.63, 3.8) is 0 Å². The average molecular weight is 355 g/mol. The van der Waals surface area contributed by atoms with Crippen molar-refractivity contribution in [2.24, 2.45) is 22.7 Å². The highest BCUT2D eigenvalue weighted by atomic mass is 14.5. The van der Waals surface area contributed by atoms with E-state index in [1.165, 1.54) is 23.1 Å². The Morgan fingerprint density at radius 2 is 1.41 bits per heavy atom. The van der Waals surface area contributed by atoms with Crippen molar-refractivity contribution >= 4 is 0 Å². The lowest BCUT2D eigenvalue weighted by atomic mass is 9.76. The van der Waals surface area contributed by atoms with E-state index in [-0.39, 0.29) is 10.8 Å². The van der Waals surface area contributed by atoms with Crippen molar-refractivity contribution in [3.05, 3.63) is 83.0 Å². The molecule has 2 unspecified atom stereocenters. The van der Waals surface area contributed by atoms with Crippen LogP contribution in [0.4, 0.5) is 0 Å². The quantitative estimate of drug-likeness (QED) is 0.501. The maximum absolute atomic E-state index is 2.61. The van der Waals surface area contributed by atoms with Gasteiger partial charge in [0.2, 0.25) is 0 Å². The molecule has 0 radical (unpaired) electrons. The highest BCUT2D eigenvalue weighted by Crippen LogP contribution is 2.62. The Balaban J connectivity index is 1.66. The van der Waals surface area contributed by atoms with E-state index in [0.717, 1.165) is 0 Å². The number of benzene rings is 2. The normalized spacial score (nSPS) is 25.7. The second-order valence-electron chi connectivity index (χ2n) is 10.4. The van der Waals surface area contributed by atoms with Crippen LogP contribution in [0.5, 0.6) is 0 Å². The molecule has 0 aromatic heterocycles. The van der Waals surface area contributed by atoms with Gasteiger partial charge in [0.15, 0.2) is 0 Å². The van der Waals surface area contributed by atoms with Crippen LogP contribution >= 0.6 is 0 Å². The van der Waals surface area contributed by atoms with Crippen LogP contribution in [0.15, 0.2) is 71.8 Å². The predicted molar refractivity (Wildman–Crippen MR) is 115 cm³/mol. The maximum atomic E-state index is 2.61. The molecule has 138 valence electrons. The van der Waals surface area contributed by atoms with Crippen molar-refractivity contribution in [1.29, 1.82) is 0 Å². The van der Waals surface area contributed by atoms with E-state index in [9.17, 15) is 0 Å². The molecule has 0 nitrogen and oxygen atoms in total. The molecule has 2 aromatic carbocycles. The first-order valence-corrected chi connectivity index (χ1v) is 10.4. The molecule has 0 aliphatic heterocycles. The molecule has 0 heteroatoms. The molecule has 0 N–H and O–H groups in total. The van der Waals surface area contributed by atoms with Gasteiger partial charge in [0.25, 0.3) is 0 Å². The minimum atomic E-state index is 0.226. The van der Waals surface area contributed by atoms with Gasteiger partial charge in [0.1, 0.15) is 0 Å². The highest BCUT2D eigenvalue weighted by Gasteiger charge is 2.50. The Hall–Kier alpha value is -2.08. The summed E-state index contributed by atoms with van der Waals surface area (Å²) in [7, 11) is 0. The summed E-state index contributed by atoms with van der Waals surface area (Å²) in [6.07, 6.45) is 6.42. The van der Waals surface area contributed by atoms with Crippen molar-refractivity contribution in [2.75, 3.05) is 0 Å². The third-order valence-corrected chi connectivity index (χ3v) is 7.19. The summed E-state index contributed by atoms with van der Waals surface area (Å²) < 4.78 is 0. The van der Waals surface area contributed by atoms with Crippen molar-refractivity contribution in [3.8, 4) is 11.1 Å². The Bertz CT molecular complexity index is 932. The molecule has 0 heterocycles. The van der Waals surface area contributed by atoms with Crippen LogP contribution in [0.25, 0.3) is 11.1 Å². The SMILES string of the molecule is CC(C)(C)C1=CC2C(=C1)C(C)(C)CC2C1c2ccccc2-c2ccccc21. The molecule has 1 saturated carbocycles. The van der Waals surface area contributed by atoms with Crippen molar-refractivity contribution in [1.82, 2.24) is 0 Å². The largest absolute Gasteiger partial charge is 0.0733 e. The van der Waals surface area contributed by atoms with Gasteiger partial charge in [0, 0.05) is 11.8 Å². The lowest BCUT2D eigenvalue weighted by Gasteiger charge is -2.27. The molecule has 0 saturated heterocycles. The third kappa shape index (κ3) is 2.42. The standard InChI is InChI=1S/C27H30/c1-26(2,3)17-14-22-23(16-27(4,5)24(22)15-17)25-20-12-8-6-10-18(20)19-11-7-9-13-21(19)25/h6-15,22-23,25H,16H2,1-5H3. The second kappa shape index (κ2) is 5.47. The zero-order valence-electron chi connectivity index (χ0n) is 17.2. The summed E-state index contributed by atoms with van der Waals surface area (Å²) in [6.45, 7) is 12.0. The van der Waals surface area contributed by atoms with Crippen LogP contribution in [-0.2, 0) is 0 Å². The Morgan fingerprint density at radius 1 is 0.852 bits per heavy atom. The van der Waals surface area contributed by atoms with Gasteiger partial charge in [-0.1, -0.05) is 101 Å². The van der Waals surface area contributed by atoms with Crippen LogP contribution in [-0.4, -0.2) is 0 Å². The molecule has 0 spiro atoms.